The van der Waals surface area contributed by atoms with E-state index in [0.717, 1.165) is 55.2 Å². The molecule has 2 unspecified atom stereocenters. The van der Waals surface area contributed by atoms with E-state index in [1.807, 2.05) is 6.08 Å². The summed E-state index contributed by atoms with van der Waals surface area (Å²) in [6.07, 6.45) is 6.09. The van der Waals surface area contributed by atoms with Crippen molar-refractivity contribution < 1.29 is 0 Å². The topological polar surface area (TPSA) is 40.0 Å². The van der Waals surface area contributed by atoms with E-state index in [1.54, 1.807) is 0 Å². The highest BCUT2D eigenvalue weighted by Gasteiger charge is 2.35. The van der Waals surface area contributed by atoms with E-state index in [1.165, 1.54) is 29.2 Å². The molecule has 5 heteroatoms. The Kier molecular flexibility index (Phi) is 8.02. The van der Waals surface area contributed by atoms with Crippen LogP contribution in [0.2, 0.25) is 0 Å². The third-order valence-corrected chi connectivity index (χ3v) is 6.81. The number of hydrogen-bond acceptors (Lipinski definition) is 3. The molecule has 178 valence electrons. The zero-order valence-electron chi connectivity index (χ0n) is 20.4. The average molecular weight is 475 g/mol. The Hall–Kier alpha value is -2.69. The lowest BCUT2D eigenvalue weighted by molar-refractivity contribution is 0.288. The molecule has 4 rings (SSSR count). The van der Waals surface area contributed by atoms with Crippen LogP contribution in [0.15, 0.2) is 87.0 Å². The minimum Gasteiger partial charge on any atom is -0.353 e. The van der Waals surface area contributed by atoms with Crippen LogP contribution in [0.4, 0.5) is 0 Å². The van der Waals surface area contributed by atoms with Crippen molar-refractivity contribution in [3.63, 3.8) is 0 Å². The first-order chi connectivity index (χ1) is 16.5. The van der Waals surface area contributed by atoms with Crippen molar-refractivity contribution in [2.75, 3.05) is 19.6 Å². The molecule has 2 heterocycles. The molecule has 2 fully saturated rings. The van der Waals surface area contributed by atoms with Crippen LogP contribution in [0.1, 0.15) is 38.7 Å². The SMILES string of the molecule is C=NC(=C(C)Cc1cccc2ccccc12)C(=C\C(=C)Cl)/C(=N\CCC)N1CC2CCC(C1)N2. The normalized spacial score (nSPS) is 21.6. The van der Waals surface area contributed by atoms with Crippen LogP contribution in [0.5, 0.6) is 0 Å². The molecule has 2 aliphatic heterocycles. The number of hydrogen-bond donors (Lipinski definition) is 1. The number of nitrogens with zero attached hydrogens (tertiary/aromatic N) is 3. The van der Waals surface area contributed by atoms with Crippen LogP contribution in [-0.2, 0) is 6.42 Å². The highest BCUT2D eigenvalue weighted by Crippen LogP contribution is 2.29. The fraction of sp³-hybridized carbons (Fsp3) is 0.379. The monoisotopic (exact) mass is 474 g/mol. The molecule has 0 amide bonds. The van der Waals surface area contributed by atoms with E-state index in [9.17, 15) is 0 Å². The van der Waals surface area contributed by atoms with Crippen LogP contribution < -0.4 is 5.32 Å². The zero-order valence-corrected chi connectivity index (χ0v) is 21.1. The lowest BCUT2D eigenvalue weighted by atomic mass is 9.95. The van der Waals surface area contributed by atoms with Gasteiger partial charge in [0.15, 0.2) is 0 Å². The maximum atomic E-state index is 6.36. The molecule has 4 nitrogen and oxygen atoms in total. The highest BCUT2D eigenvalue weighted by atomic mass is 35.5. The Labute approximate surface area is 208 Å². The number of aliphatic imine (C=N–C) groups is 2. The molecule has 2 bridgehead atoms. The number of likely N-dealkylation sites (tertiary alicyclic amines) is 1. The van der Waals surface area contributed by atoms with Gasteiger partial charge in [0, 0.05) is 42.3 Å². The summed E-state index contributed by atoms with van der Waals surface area (Å²) in [6, 6.07) is 16.0. The molecule has 1 N–H and O–H groups in total. The van der Waals surface area contributed by atoms with Crippen LogP contribution in [0, 0.1) is 0 Å². The van der Waals surface area contributed by atoms with Gasteiger partial charge in [0.2, 0.25) is 0 Å². The van der Waals surface area contributed by atoms with E-state index in [-0.39, 0.29) is 0 Å². The minimum absolute atomic E-state index is 0.469. The third kappa shape index (κ3) is 5.51. The predicted octanol–water partition coefficient (Wildman–Crippen LogP) is 6.28. The Morgan fingerprint density at radius 3 is 2.53 bits per heavy atom. The lowest BCUT2D eigenvalue weighted by Crippen LogP contribution is -2.53. The standard InChI is InChI=1S/C29H35ClN4/c1-5-15-32-29(34-18-24-13-14-25(19-34)33-24)27(17-21(3)30)28(31-4)20(2)16-23-11-8-10-22-9-6-7-12-26(22)23/h6-12,17,24-25,33H,3-5,13-16,18-19H2,1-2H3/b27-17+,28-20?,32-29+. The predicted molar refractivity (Wildman–Crippen MR) is 147 cm³/mol. The molecule has 0 spiro atoms. The van der Waals surface area contributed by atoms with E-state index < -0.39 is 0 Å². The van der Waals surface area contributed by atoms with Gasteiger partial charge in [-0.2, -0.15) is 0 Å². The summed E-state index contributed by atoms with van der Waals surface area (Å²) in [4.78, 5) is 12.0. The number of fused-ring (bicyclic) bond motifs is 3. The number of allylic oxidation sites excluding steroid dienone is 3. The van der Waals surface area contributed by atoms with Gasteiger partial charge in [0.25, 0.3) is 0 Å². The van der Waals surface area contributed by atoms with Crippen molar-refractivity contribution in [2.24, 2.45) is 9.98 Å². The second-order valence-electron chi connectivity index (χ2n) is 9.36. The van der Waals surface area contributed by atoms with Gasteiger partial charge >= 0.3 is 0 Å². The van der Waals surface area contributed by atoms with Gasteiger partial charge < -0.3 is 10.2 Å². The first kappa shape index (κ1) is 24.4. The van der Waals surface area contributed by atoms with Crippen LogP contribution >= 0.6 is 11.6 Å². The van der Waals surface area contributed by atoms with E-state index >= 15 is 0 Å². The Balaban J connectivity index is 1.76. The van der Waals surface area contributed by atoms with Gasteiger partial charge in [0.1, 0.15) is 5.84 Å². The van der Waals surface area contributed by atoms with Crippen molar-refractivity contribution >= 4 is 34.9 Å². The van der Waals surface area contributed by atoms with E-state index in [2.05, 4.69) is 84.8 Å². The number of benzene rings is 2. The molecular formula is C29H35ClN4. The molecule has 0 saturated carbocycles. The smallest absolute Gasteiger partial charge is 0.133 e. The summed E-state index contributed by atoms with van der Waals surface area (Å²) in [6.45, 7) is 14.9. The number of halogens is 1. The largest absolute Gasteiger partial charge is 0.353 e. The third-order valence-electron chi connectivity index (χ3n) is 6.70. The second kappa shape index (κ2) is 11.2. The highest BCUT2D eigenvalue weighted by molar-refractivity contribution is 6.31. The summed E-state index contributed by atoms with van der Waals surface area (Å²) in [5, 5.41) is 6.69. The maximum absolute atomic E-state index is 6.36. The molecule has 2 saturated heterocycles. The fourth-order valence-electron chi connectivity index (χ4n) is 5.20. The number of nitrogens with one attached hydrogen (secondary N) is 1. The second-order valence-corrected chi connectivity index (χ2v) is 9.84. The van der Waals surface area contributed by atoms with Crippen LogP contribution in [-0.4, -0.2) is 49.2 Å². The molecule has 2 atom stereocenters. The van der Waals surface area contributed by atoms with Crippen molar-refractivity contribution in [1.82, 2.24) is 10.2 Å². The minimum atomic E-state index is 0.469. The zero-order chi connectivity index (χ0) is 24.1. The van der Waals surface area contributed by atoms with Gasteiger partial charge in [-0.15, -0.1) is 0 Å². The van der Waals surface area contributed by atoms with E-state index in [0.29, 0.717) is 17.1 Å². The molecule has 34 heavy (non-hydrogen) atoms. The summed E-state index contributed by atoms with van der Waals surface area (Å²) in [5.74, 6) is 0.960. The van der Waals surface area contributed by atoms with Gasteiger partial charge in [-0.3, -0.25) is 9.98 Å². The van der Waals surface area contributed by atoms with Crippen molar-refractivity contribution in [1.29, 1.82) is 0 Å². The van der Waals surface area contributed by atoms with Gasteiger partial charge in [-0.1, -0.05) is 67.6 Å². The molecule has 0 aliphatic carbocycles. The maximum Gasteiger partial charge on any atom is 0.133 e. The molecule has 2 aromatic rings. The summed E-state index contributed by atoms with van der Waals surface area (Å²) >= 11 is 6.36. The molecular weight excluding hydrogens is 440 g/mol. The number of amidine groups is 1. The average Bonchev–Trinajstić information content (AvgIpc) is 3.17. The summed E-state index contributed by atoms with van der Waals surface area (Å²) < 4.78 is 0. The van der Waals surface area contributed by atoms with Crippen molar-refractivity contribution in [2.45, 2.75) is 51.6 Å². The summed E-state index contributed by atoms with van der Waals surface area (Å²) in [5.41, 5.74) is 4.17. The lowest BCUT2D eigenvalue weighted by Gasteiger charge is -2.36. The molecule has 2 aliphatic rings. The molecule has 2 aromatic carbocycles. The van der Waals surface area contributed by atoms with Crippen LogP contribution in [0.3, 0.4) is 0 Å². The fourth-order valence-corrected chi connectivity index (χ4v) is 5.31. The van der Waals surface area contributed by atoms with Crippen LogP contribution in [0.25, 0.3) is 10.8 Å². The summed E-state index contributed by atoms with van der Waals surface area (Å²) in [7, 11) is 0. The van der Waals surface area contributed by atoms with Gasteiger partial charge in [0.05, 0.1) is 5.70 Å². The van der Waals surface area contributed by atoms with Crippen molar-refractivity contribution in [3.8, 4) is 0 Å². The first-order valence-electron chi connectivity index (χ1n) is 12.3. The van der Waals surface area contributed by atoms with Gasteiger partial charge in [-0.25, -0.2) is 0 Å². The van der Waals surface area contributed by atoms with E-state index in [4.69, 9.17) is 16.6 Å². The quantitative estimate of drug-likeness (QED) is 0.278. The Morgan fingerprint density at radius 1 is 1.15 bits per heavy atom. The number of piperazine rings is 1. The number of rotatable bonds is 8. The molecule has 0 aromatic heterocycles. The Morgan fingerprint density at radius 2 is 1.85 bits per heavy atom. The van der Waals surface area contributed by atoms with Crippen molar-refractivity contribution in [3.05, 3.63) is 82.6 Å². The van der Waals surface area contributed by atoms with Gasteiger partial charge in [-0.05, 0) is 67.3 Å². The first-order valence-corrected chi connectivity index (χ1v) is 12.6. The Bertz CT molecular complexity index is 1140. The molecule has 0 radical (unpaired) electrons.